The summed E-state index contributed by atoms with van der Waals surface area (Å²) in [7, 11) is 2.59. The second kappa shape index (κ2) is 23.3. The standard InChI is InChI=1S/C39H49N7O6S.CH4.4H2S/c1-22(2)33(43-38(49)51-5)36(47)45-17-7-9-30(45)28-20-25-19-24(12-15-27(25)41-28)11-13-26-14-16-32(53-26)29-21-40-35(42-29)31-10-8-18-46(31)37(48)34(23(3)4)44-39(50)52-6;;;;;/h11-16,19,21-23,30-31,33-34H,7-10,17-18,20H2,1-6H3,(H,40,42)(H,43,49)(H,44,50);1H4;4*1H2/b13-11+;;;;;/t30-,31-,33-,34-;;;;;/m0...../s1. The van der Waals surface area contributed by atoms with Crippen LogP contribution in [0.2, 0.25) is 0 Å². The Bertz CT molecular complexity index is 1910. The maximum Gasteiger partial charge on any atom is 0.407 e. The highest BCUT2D eigenvalue weighted by atomic mass is 32.1. The summed E-state index contributed by atoms with van der Waals surface area (Å²) >= 11 is 1.65. The number of H-pyrrole nitrogens is 1. The van der Waals surface area contributed by atoms with E-state index in [1.54, 1.807) is 11.3 Å². The molecule has 1 aromatic carbocycles. The van der Waals surface area contributed by atoms with Gasteiger partial charge in [0.05, 0.1) is 48.8 Å². The van der Waals surface area contributed by atoms with Crippen molar-refractivity contribution < 1.29 is 28.7 Å². The average molecular weight is 896 g/mol. The van der Waals surface area contributed by atoms with Gasteiger partial charge in [0.2, 0.25) is 11.8 Å². The summed E-state index contributed by atoms with van der Waals surface area (Å²) in [5.74, 6) is 0.316. The molecule has 4 amide bonds. The summed E-state index contributed by atoms with van der Waals surface area (Å²) in [6, 6.07) is 8.77. The van der Waals surface area contributed by atoms with E-state index in [1.807, 2.05) is 49.8 Å². The van der Waals surface area contributed by atoms with Gasteiger partial charge in [-0.15, -0.1) is 11.3 Å². The molecule has 322 valence electrons. The Morgan fingerprint density at radius 2 is 1.40 bits per heavy atom. The van der Waals surface area contributed by atoms with Gasteiger partial charge >= 0.3 is 12.2 Å². The predicted octanol–water partition coefficient (Wildman–Crippen LogP) is 7.44. The van der Waals surface area contributed by atoms with E-state index in [4.69, 9.17) is 14.5 Å². The molecule has 3 aliphatic heterocycles. The van der Waals surface area contributed by atoms with Crippen LogP contribution < -0.4 is 10.6 Å². The molecule has 13 nitrogen and oxygen atoms in total. The first-order valence-corrected chi connectivity index (χ1v) is 19.1. The smallest absolute Gasteiger partial charge is 0.407 e. The maximum absolute atomic E-state index is 13.6. The topological polar surface area (TPSA) is 158 Å². The third-order valence-electron chi connectivity index (χ3n) is 10.2. The number of carbonyl (C=O) groups is 4. The third-order valence-corrected chi connectivity index (χ3v) is 11.3. The largest absolute Gasteiger partial charge is 0.453 e. The molecule has 3 aliphatic rings. The number of fused-ring (bicyclic) bond motifs is 1. The lowest BCUT2D eigenvalue weighted by Crippen LogP contribution is -2.53. The second-order valence-corrected chi connectivity index (χ2v) is 15.6. The number of hydrogen-bond donors (Lipinski definition) is 3. The highest BCUT2D eigenvalue weighted by Crippen LogP contribution is 2.36. The lowest BCUT2D eigenvalue weighted by molar-refractivity contribution is -0.135. The number of nitrogens with one attached hydrogen (secondary N) is 3. The van der Waals surface area contributed by atoms with Crippen molar-refractivity contribution in [2.45, 2.75) is 91.4 Å². The molecule has 18 heteroatoms. The van der Waals surface area contributed by atoms with E-state index in [-0.39, 0.29) is 97.1 Å². The first kappa shape index (κ1) is 52.4. The number of amides is 4. The fourth-order valence-electron chi connectivity index (χ4n) is 7.39. The third kappa shape index (κ3) is 11.8. The van der Waals surface area contributed by atoms with Crippen LogP contribution in [0.25, 0.3) is 22.7 Å². The van der Waals surface area contributed by atoms with Crippen LogP contribution in [0.15, 0.2) is 41.5 Å². The number of aromatic nitrogens is 2. The molecule has 0 spiro atoms. The fourth-order valence-corrected chi connectivity index (χ4v) is 8.26. The minimum Gasteiger partial charge on any atom is -0.453 e. The Morgan fingerprint density at radius 1 is 0.828 bits per heavy atom. The highest BCUT2D eigenvalue weighted by Gasteiger charge is 2.39. The molecule has 3 N–H and O–H groups in total. The van der Waals surface area contributed by atoms with Gasteiger partial charge < -0.3 is 34.9 Å². The van der Waals surface area contributed by atoms with E-state index < -0.39 is 24.3 Å². The van der Waals surface area contributed by atoms with Crippen molar-refractivity contribution in [3.8, 4) is 10.6 Å². The average Bonchev–Trinajstić information content (AvgIpc) is 3.98. The molecule has 2 aromatic heterocycles. The van der Waals surface area contributed by atoms with Crippen molar-refractivity contribution in [1.29, 1.82) is 0 Å². The number of imidazole rings is 1. The van der Waals surface area contributed by atoms with Crippen LogP contribution in [0.5, 0.6) is 0 Å². The van der Waals surface area contributed by atoms with E-state index in [2.05, 4.69) is 57.0 Å². The summed E-state index contributed by atoms with van der Waals surface area (Å²) in [6.07, 6.45) is 8.83. The quantitative estimate of drug-likeness (QED) is 0.181. The number of methoxy groups -OCH3 is 2. The fraction of sp³-hybridized carbons (Fsp3) is 0.500. The number of rotatable bonds is 11. The summed E-state index contributed by atoms with van der Waals surface area (Å²) < 4.78 is 9.52. The summed E-state index contributed by atoms with van der Waals surface area (Å²) in [6.45, 7) is 8.87. The number of ether oxygens (including phenoxy) is 2. The number of benzene rings is 1. The predicted molar refractivity (Wildman–Crippen MR) is 253 cm³/mol. The molecule has 2 fully saturated rings. The van der Waals surface area contributed by atoms with Crippen LogP contribution in [0, 0.1) is 11.8 Å². The molecule has 0 radical (unpaired) electrons. The van der Waals surface area contributed by atoms with Crippen molar-refractivity contribution in [1.82, 2.24) is 30.4 Å². The van der Waals surface area contributed by atoms with Crippen LogP contribution in [-0.2, 0) is 25.5 Å². The Morgan fingerprint density at radius 3 is 1.97 bits per heavy atom. The molecule has 6 rings (SSSR count). The van der Waals surface area contributed by atoms with Crippen LogP contribution >= 0.6 is 65.3 Å². The number of thiophene rings is 1. The minimum atomic E-state index is -0.682. The lowest BCUT2D eigenvalue weighted by Gasteiger charge is -2.30. The Kier molecular flexibility index (Phi) is 21.0. The zero-order valence-electron chi connectivity index (χ0n) is 33.2. The van der Waals surface area contributed by atoms with Gasteiger partial charge in [-0.1, -0.05) is 47.3 Å². The zero-order valence-corrected chi connectivity index (χ0v) is 38.0. The molecule has 0 bridgehead atoms. The van der Waals surface area contributed by atoms with Gasteiger partial charge in [0.1, 0.15) is 17.9 Å². The van der Waals surface area contributed by atoms with Crippen LogP contribution in [0.3, 0.4) is 0 Å². The van der Waals surface area contributed by atoms with E-state index in [9.17, 15) is 19.2 Å². The SMILES string of the molecule is C.COC(=O)N[C@H](C(=O)N1CCC[C@H]1C1=Nc2ccc(/C=C/c3ccc(-c4cnc([C@@H]5CCCN5C(=O)[C@@H](NC(=O)OC)C(C)C)[nH]4)s3)cc2C1)C(C)C.S.S.S.S. The van der Waals surface area contributed by atoms with Gasteiger partial charge in [0, 0.05) is 30.1 Å². The Labute approximate surface area is 374 Å². The van der Waals surface area contributed by atoms with Crippen molar-refractivity contribution in [3.05, 3.63) is 58.4 Å². The monoisotopic (exact) mass is 895 g/mol. The summed E-state index contributed by atoms with van der Waals surface area (Å²) in [4.78, 5) is 69.9. The van der Waals surface area contributed by atoms with E-state index >= 15 is 0 Å². The van der Waals surface area contributed by atoms with Crippen LogP contribution in [-0.4, -0.2) is 94.9 Å². The number of hydrogen-bond acceptors (Lipinski definition) is 9. The van der Waals surface area contributed by atoms with Gasteiger partial charge in [-0.05, 0) is 79.0 Å². The summed E-state index contributed by atoms with van der Waals surface area (Å²) in [5.41, 5.74) is 5.00. The van der Waals surface area contributed by atoms with Crippen molar-refractivity contribution in [2.24, 2.45) is 16.8 Å². The number of aliphatic imine (C=N–C) groups is 1. The number of likely N-dealkylation sites (tertiary alicyclic amines) is 2. The first-order valence-electron chi connectivity index (χ1n) is 18.3. The summed E-state index contributed by atoms with van der Waals surface area (Å²) in [5, 5.41) is 5.41. The van der Waals surface area contributed by atoms with Gasteiger partial charge in [-0.2, -0.15) is 54.0 Å². The maximum atomic E-state index is 13.6. The zero-order chi connectivity index (χ0) is 37.8. The van der Waals surface area contributed by atoms with Crippen LogP contribution in [0.1, 0.15) is 88.7 Å². The lowest BCUT2D eigenvalue weighted by atomic mass is 9.99. The van der Waals surface area contributed by atoms with Crippen molar-refractivity contribution in [3.63, 3.8) is 0 Å². The molecular weight excluding hydrogens is 835 g/mol. The van der Waals surface area contributed by atoms with Gasteiger partial charge in [0.15, 0.2) is 0 Å². The van der Waals surface area contributed by atoms with E-state index in [1.165, 1.54) is 14.2 Å². The van der Waals surface area contributed by atoms with Gasteiger partial charge in [0.25, 0.3) is 0 Å². The van der Waals surface area contributed by atoms with Gasteiger partial charge in [-0.3, -0.25) is 14.6 Å². The molecule has 58 heavy (non-hydrogen) atoms. The molecule has 4 atom stereocenters. The van der Waals surface area contributed by atoms with Crippen LogP contribution in [0.4, 0.5) is 15.3 Å². The Hall–Kier alpha value is -3.58. The van der Waals surface area contributed by atoms with E-state index in [0.717, 1.165) is 69.5 Å². The van der Waals surface area contributed by atoms with Crippen molar-refractivity contribution >= 4 is 113 Å². The molecule has 0 saturated carbocycles. The normalized spacial score (nSPS) is 17.8. The minimum absolute atomic E-state index is 0. The van der Waals surface area contributed by atoms with Crippen molar-refractivity contribution in [2.75, 3.05) is 27.3 Å². The molecular formula is C40H61N7O6S5. The number of alkyl carbamates (subject to hydrolysis) is 2. The molecule has 2 saturated heterocycles. The first-order chi connectivity index (χ1) is 25.5. The highest BCUT2D eigenvalue weighted by molar-refractivity contribution is 7.59. The Balaban J connectivity index is 0.00000336. The molecule has 0 unspecified atom stereocenters. The molecule has 3 aromatic rings. The second-order valence-electron chi connectivity index (χ2n) is 14.5. The number of aromatic amines is 1. The number of nitrogens with zero attached hydrogens (tertiary/aromatic N) is 4. The van der Waals surface area contributed by atoms with E-state index in [0.29, 0.717) is 19.5 Å². The number of carbonyl (C=O) groups excluding carboxylic acids is 4. The van der Waals surface area contributed by atoms with Gasteiger partial charge in [-0.25, -0.2) is 14.6 Å². The molecule has 0 aliphatic carbocycles. The molecule has 5 heterocycles.